The molecule has 0 aliphatic carbocycles. The van der Waals surface area contributed by atoms with Crippen molar-refractivity contribution in [2.24, 2.45) is 0 Å². The number of carbonyl (C=O) groups excluding carboxylic acids is 2. The van der Waals surface area contributed by atoms with E-state index < -0.39 is 0 Å². The molecule has 4 rings (SSSR count). The Kier molecular flexibility index (Phi) is 7.05. The fourth-order valence-electron chi connectivity index (χ4n) is 3.75. The number of carbonyl (C=O) groups is 2. The van der Waals surface area contributed by atoms with Crippen LogP contribution in [0.1, 0.15) is 27.2 Å². The third-order valence-electron chi connectivity index (χ3n) is 5.38. The van der Waals surface area contributed by atoms with Gasteiger partial charge in [-0.05, 0) is 54.8 Å². The van der Waals surface area contributed by atoms with E-state index in [1.165, 1.54) is 5.56 Å². The lowest BCUT2D eigenvalue weighted by atomic mass is 10.1. The first-order valence-electron chi connectivity index (χ1n) is 10.7. The molecular formula is C27H24BrN3O2. The van der Waals surface area contributed by atoms with Gasteiger partial charge in [0.2, 0.25) is 0 Å². The highest BCUT2D eigenvalue weighted by Crippen LogP contribution is 2.22. The standard InChI is InChI=1S/C27H24BrN3O2/c1-18-22(23-12-5-6-13-24(23)30-18)14-15-29-27(33)25(16-19-8-3-2-4-9-19)31-26(32)20-10-7-11-21(28)17-20/h2-13,16-17,30H,14-15H2,1H3,(H,29,33)(H,31,32)/b25-16-. The Morgan fingerprint density at radius 3 is 2.52 bits per heavy atom. The van der Waals surface area contributed by atoms with E-state index in [1.807, 2.05) is 61.5 Å². The average molecular weight is 502 g/mol. The van der Waals surface area contributed by atoms with Crippen molar-refractivity contribution < 1.29 is 9.59 Å². The maximum absolute atomic E-state index is 13.0. The van der Waals surface area contributed by atoms with Crippen LogP contribution < -0.4 is 10.6 Å². The summed E-state index contributed by atoms with van der Waals surface area (Å²) >= 11 is 3.38. The highest BCUT2D eigenvalue weighted by Gasteiger charge is 2.15. The molecule has 166 valence electrons. The molecule has 0 bridgehead atoms. The van der Waals surface area contributed by atoms with Gasteiger partial charge in [-0.25, -0.2) is 0 Å². The van der Waals surface area contributed by atoms with Crippen molar-refractivity contribution in [3.8, 4) is 0 Å². The maximum atomic E-state index is 13.0. The summed E-state index contributed by atoms with van der Waals surface area (Å²) in [6, 6.07) is 24.6. The number of benzene rings is 3. The highest BCUT2D eigenvalue weighted by atomic mass is 79.9. The summed E-state index contributed by atoms with van der Waals surface area (Å²) in [6.07, 6.45) is 2.36. The third-order valence-corrected chi connectivity index (χ3v) is 5.87. The number of aromatic amines is 1. The van der Waals surface area contributed by atoms with Crippen LogP contribution in [0.25, 0.3) is 17.0 Å². The van der Waals surface area contributed by atoms with Crippen LogP contribution >= 0.6 is 15.9 Å². The Morgan fingerprint density at radius 2 is 1.73 bits per heavy atom. The molecule has 0 spiro atoms. The van der Waals surface area contributed by atoms with E-state index in [2.05, 4.69) is 37.6 Å². The van der Waals surface area contributed by atoms with E-state index in [0.717, 1.165) is 26.6 Å². The number of hydrogen-bond acceptors (Lipinski definition) is 2. The van der Waals surface area contributed by atoms with E-state index >= 15 is 0 Å². The van der Waals surface area contributed by atoms with Crippen LogP contribution in [0.15, 0.2) is 89.0 Å². The second-order valence-corrected chi connectivity index (χ2v) is 8.63. The second kappa shape index (κ2) is 10.3. The molecule has 0 aliphatic heterocycles. The molecule has 0 atom stereocenters. The van der Waals surface area contributed by atoms with Gasteiger partial charge in [0.25, 0.3) is 11.8 Å². The topological polar surface area (TPSA) is 74.0 Å². The molecule has 33 heavy (non-hydrogen) atoms. The summed E-state index contributed by atoms with van der Waals surface area (Å²) < 4.78 is 0.794. The molecule has 2 amide bonds. The largest absolute Gasteiger partial charge is 0.358 e. The van der Waals surface area contributed by atoms with E-state index in [9.17, 15) is 9.59 Å². The van der Waals surface area contributed by atoms with Crippen LogP contribution in [-0.4, -0.2) is 23.3 Å². The number of amides is 2. The zero-order chi connectivity index (χ0) is 23.2. The van der Waals surface area contributed by atoms with Crippen molar-refractivity contribution in [3.05, 3.63) is 111 Å². The van der Waals surface area contributed by atoms with E-state index in [1.54, 1.807) is 24.3 Å². The Balaban J connectivity index is 1.50. The normalized spacial score (nSPS) is 11.4. The molecular weight excluding hydrogens is 478 g/mol. The summed E-state index contributed by atoms with van der Waals surface area (Å²) in [4.78, 5) is 29.2. The van der Waals surface area contributed by atoms with Crippen molar-refractivity contribution in [3.63, 3.8) is 0 Å². The zero-order valence-corrected chi connectivity index (χ0v) is 19.8. The van der Waals surface area contributed by atoms with Crippen LogP contribution in [0, 0.1) is 6.92 Å². The van der Waals surface area contributed by atoms with Gasteiger partial charge >= 0.3 is 0 Å². The summed E-state index contributed by atoms with van der Waals surface area (Å²) in [5, 5.41) is 6.89. The Hall–Kier alpha value is -3.64. The fourth-order valence-corrected chi connectivity index (χ4v) is 4.15. The quantitative estimate of drug-likeness (QED) is 0.298. The van der Waals surface area contributed by atoms with E-state index in [-0.39, 0.29) is 17.5 Å². The average Bonchev–Trinajstić information content (AvgIpc) is 3.14. The Labute approximate surface area is 201 Å². The van der Waals surface area contributed by atoms with Crippen LogP contribution in [0.5, 0.6) is 0 Å². The molecule has 5 nitrogen and oxygen atoms in total. The first kappa shape index (κ1) is 22.6. The first-order valence-corrected chi connectivity index (χ1v) is 11.5. The molecule has 0 radical (unpaired) electrons. The minimum Gasteiger partial charge on any atom is -0.358 e. The van der Waals surface area contributed by atoms with Crippen LogP contribution in [0.4, 0.5) is 0 Å². The first-order chi connectivity index (χ1) is 16.0. The SMILES string of the molecule is Cc1[nH]c2ccccc2c1CCNC(=O)/C(=C/c1ccccc1)NC(=O)c1cccc(Br)c1. The lowest BCUT2D eigenvalue weighted by molar-refractivity contribution is -0.117. The Bertz CT molecular complexity index is 1330. The molecule has 0 saturated heterocycles. The van der Waals surface area contributed by atoms with Gasteiger partial charge in [-0.15, -0.1) is 0 Å². The summed E-state index contributed by atoms with van der Waals surface area (Å²) in [5.74, 6) is -0.680. The van der Waals surface area contributed by atoms with Crippen molar-refractivity contribution in [1.29, 1.82) is 0 Å². The number of halogens is 1. The number of hydrogen-bond donors (Lipinski definition) is 3. The van der Waals surface area contributed by atoms with Gasteiger partial charge in [-0.1, -0.05) is 70.5 Å². The number of aromatic nitrogens is 1. The third kappa shape index (κ3) is 5.59. The number of fused-ring (bicyclic) bond motifs is 1. The van der Waals surface area contributed by atoms with Crippen molar-refractivity contribution in [2.45, 2.75) is 13.3 Å². The number of rotatable bonds is 7. The molecule has 0 unspecified atom stereocenters. The van der Waals surface area contributed by atoms with E-state index in [4.69, 9.17) is 0 Å². The monoisotopic (exact) mass is 501 g/mol. The van der Waals surface area contributed by atoms with Crippen molar-refractivity contribution in [1.82, 2.24) is 15.6 Å². The number of aryl methyl sites for hydroxylation is 1. The number of nitrogens with one attached hydrogen (secondary N) is 3. The van der Waals surface area contributed by atoms with Crippen LogP contribution in [-0.2, 0) is 11.2 Å². The lowest BCUT2D eigenvalue weighted by Crippen LogP contribution is -2.35. The van der Waals surface area contributed by atoms with Crippen molar-refractivity contribution in [2.75, 3.05) is 6.54 Å². The molecule has 6 heteroatoms. The van der Waals surface area contributed by atoms with Gasteiger partial charge < -0.3 is 15.6 Å². The van der Waals surface area contributed by atoms with Crippen LogP contribution in [0.2, 0.25) is 0 Å². The molecule has 3 aromatic carbocycles. The summed E-state index contributed by atoms with van der Waals surface area (Å²) in [5.41, 5.74) is 4.84. The molecule has 4 aromatic rings. The summed E-state index contributed by atoms with van der Waals surface area (Å²) in [6.45, 7) is 2.48. The van der Waals surface area contributed by atoms with Gasteiger partial charge in [0.15, 0.2) is 0 Å². The maximum Gasteiger partial charge on any atom is 0.267 e. The summed E-state index contributed by atoms with van der Waals surface area (Å²) in [7, 11) is 0. The second-order valence-electron chi connectivity index (χ2n) is 7.71. The van der Waals surface area contributed by atoms with Crippen LogP contribution in [0.3, 0.4) is 0 Å². The van der Waals surface area contributed by atoms with Gasteiger partial charge in [-0.3, -0.25) is 9.59 Å². The van der Waals surface area contributed by atoms with Crippen molar-refractivity contribution >= 4 is 44.7 Å². The minimum absolute atomic E-state index is 0.196. The number of para-hydroxylation sites is 1. The minimum atomic E-state index is -0.346. The predicted octanol–water partition coefficient (Wildman–Crippen LogP) is 5.37. The molecule has 0 saturated carbocycles. The molecule has 0 aliphatic rings. The number of H-pyrrole nitrogens is 1. The van der Waals surface area contributed by atoms with Gasteiger partial charge in [0.1, 0.15) is 5.70 Å². The molecule has 3 N–H and O–H groups in total. The molecule has 0 fully saturated rings. The lowest BCUT2D eigenvalue weighted by Gasteiger charge is -2.12. The smallest absolute Gasteiger partial charge is 0.267 e. The van der Waals surface area contributed by atoms with E-state index in [0.29, 0.717) is 18.5 Å². The zero-order valence-electron chi connectivity index (χ0n) is 18.2. The predicted molar refractivity (Wildman–Crippen MR) is 136 cm³/mol. The highest BCUT2D eigenvalue weighted by molar-refractivity contribution is 9.10. The van der Waals surface area contributed by atoms with Gasteiger partial charge in [-0.2, -0.15) is 0 Å². The fraction of sp³-hybridized carbons (Fsp3) is 0.111. The molecule has 1 heterocycles. The van der Waals surface area contributed by atoms with Gasteiger partial charge in [0, 0.05) is 33.2 Å². The molecule has 1 aromatic heterocycles. The Morgan fingerprint density at radius 1 is 0.970 bits per heavy atom. The van der Waals surface area contributed by atoms with Gasteiger partial charge in [0.05, 0.1) is 0 Å².